The molecule has 3 aromatic rings. The van der Waals surface area contributed by atoms with E-state index >= 15 is 0 Å². The van der Waals surface area contributed by atoms with Gasteiger partial charge in [0.2, 0.25) is 5.88 Å². The zero-order valence-electron chi connectivity index (χ0n) is 18.3. The summed E-state index contributed by atoms with van der Waals surface area (Å²) in [5.41, 5.74) is 8.23. The highest BCUT2D eigenvalue weighted by Crippen LogP contribution is 2.43. The van der Waals surface area contributed by atoms with Crippen molar-refractivity contribution < 1.29 is 22.1 Å². The van der Waals surface area contributed by atoms with Crippen LogP contribution in [0.3, 0.4) is 0 Å². The van der Waals surface area contributed by atoms with Crippen LogP contribution in [0.4, 0.5) is 0 Å². The predicted octanol–water partition coefficient (Wildman–Crippen LogP) is 4.60. The van der Waals surface area contributed by atoms with Gasteiger partial charge in [0.25, 0.3) is 0 Å². The van der Waals surface area contributed by atoms with Crippen molar-refractivity contribution >= 4 is 27.7 Å². The molecule has 1 heterocycles. The lowest BCUT2D eigenvalue weighted by molar-refractivity contribution is 0.101. The Morgan fingerprint density at radius 3 is 2.35 bits per heavy atom. The fourth-order valence-corrected chi connectivity index (χ4v) is 4.99. The molecule has 0 saturated carbocycles. The lowest BCUT2D eigenvalue weighted by Gasteiger charge is -2.26. The minimum Gasteiger partial charge on any atom is -0.440 e. The Balaban J connectivity index is 1.68. The van der Waals surface area contributed by atoms with Gasteiger partial charge in [-0.05, 0) is 49.1 Å². The fraction of sp³-hybridized carbons (Fsp3) is 0.120. The smallest absolute Gasteiger partial charge is 0.339 e. The van der Waals surface area contributed by atoms with E-state index in [-0.39, 0.29) is 27.9 Å². The quantitative estimate of drug-likeness (QED) is 0.301. The number of ketones is 1. The number of nitrogens with zero attached hydrogens (tertiary/aromatic N) is 1. The highest BCUT2D eigenvalue weighted by molar-refractivity contribution is 7.98. The Hall–Kier alpha value is -3.74. The first-order valence-corrected chi connectivity index (χ1v) is 12.8. The number of benzene rings is 3. The second-order valence-electron chi connectivity index (χ2n) is 7.52. The standard InChI is InChI=1S/C25H20N2O5S2/c1-15(28)16-5-10-20(11-6-16)34(29,30)32-18-7-12-21-23(13-18)31-25(27)22(14-26)24(21)17-3-8-19(33-2)9-4-17/h3-13,24H,27H2,1-2H3. The number of fused-ring (bicyclic) bond motifs is 1. The fourth-order valence-electron chi connectivity index (χ4n) is 3.66. The van der Waals surface area contributed by atoms with Gasteiger partial charge in [-0.1, -0.05) is 30.3 Å². The number of hydrogen-bond acceptors (Lipinski definition) is 8. The molecule has 172 valence electrons. The van der Waals surface area contributed by atoms with Gasteiger partial charge in [0.15, 0.2) is 5.78 Å². The number of carbonyl (C=O) groups excluding carboxylic acids is 1. The second-order valence-corrected chi connectivity index (χ2v) is 9.94. The van der Waals surface area contributed by atoms with Crippen LogP contribution in [0.25, 0.3) is 0 Å². The highest BCUT2D eigenvalue weighted by atomic mass is 32.2. The van der Waals surface area contributed by atoms with Crippen molar-refractivity contribution in [3.05, 3.63) is 94.9 Å². The first kappa shape index (κ1) is 23.4. The molecule has 0 bridgehead atoms. The van der Waals surface area contributed by atoms with Crippen molar-refractivity contribution in [2.24, 2.45) is 5.73 Å². The average molecular weight is 493 g/mol. The van der Waals surface area contributed by atoms with Gasteiger partial charge in [-0.3, -0.25) is 4.79 Å². The van der Waals surface area contributed by atoms with Gasteiger partial charge < -0.3 is 14.7 Å². The number of allylic oxidation sites excluding steroid dienone is 1. The number of rotatable bonds is 6. The zero-order chi connectivity index (χ0) is 24.5. The number of carbonyl (C=O) groups is 1. The van der Waals surface area contributed by atoms with Gasteiger partial charge >= 0.3 is 10.1 Å². The van der Waals surface area contributed by atoms with Crippen LogP contribution in [-0.2, 0) is 10.1 Å². The summed E-state index contributed by atoms with van der Waals surface area (Å²) >= 11 is 1.61. The summed E-state index contributed by atoms with van der Waals surface area (Å²) < 4.78 is 36.4. The molecule has 0 fully saturated rings. The van der Waals surface area contributed by atoms with Crippen molar-refractivity contribution in [1.29, 1.82) is 5.26 Å². The van der Waals surface area contributed by atoms with E-state index in [1.165, 1.54) is 43.3 Å². The monoisotopic (exact) mass is 492 g/mol. The molecule has 0 amide bonds. The molecule has 1 aliphatic rings. The van der Waals surface area contributed by atoms with Crippen molar-refractivity contribution in [2.45, 2.75) is 22.6 Å². The molecular weight excluding hydrogens is 472 g/mol. The van der Waals surface area contributed by atoms with Gasteiger partial charge in [-0.25, -0.2) is 0 Å². The predicted molar refractivity (Wildman–Crippen MR) is 128 cm³/mol. The molecule has 0 spiro atoms. The Morgan fingerprint density at radius 2 is 1.76 bits per heavy atom. The van der Waals surface area contributed by atoms with Crippen molar-refractivity contribution in [3.8, 4) is 17.6 Å². The number of hydrogen-bond donors (Lipinski definition) is 1. The number of nitrogens with two attached hydrogens (primary N) is 1. The lowest BCUT2D eigenvalue weighted by atomic mass is 9.83. The molecule has 9 heteroatoms. The van der Waals surface area contributed by atoms with Crippen molar-refractivity contribution in [1.82, 2.24) is 0 Å². The summed E-state index contributed by atoms with van der Waals surface area (Å²) in [6, 6.07) is 20.0. The SMILES string of the molecule is CSc1ccc(C2C(C#N)=C(N)Oc3cc(OS(=O)(=O)c4ccc(C(C)=O)cc4)ccc32)cc1. The van der Waals surface area contributed by atoms with Crippen LogP contribution in [-0.4, -0.2) is 20.5 Å². The van der Waals surface area contributed by atoms with Crippen LogP contribution in [0.5, 0.6) is 11.5 Å². The van der Waals surface area contributed by atoms with Gasteiger partial charge in [0.05, 0.1) is 5.92 Å². The third-order valence-electron chi connectivity index (χ3n) is 5.40. The van der Waals surface area contributed by atoms with Crippen LogP contribution in [0.1, 0.15) is 34.3 Å². The van der Waals surface area contributed by atoms with Gasteiger partial charge in [0.1, 0.15) is 28.0 Å². The van der Waals surface area contributed by atoms with E-state index in [4.69, 9.17) is 14.7 Å². The van der Waals surface area contributed by atoms with Crippen molar-refractivity contribution in [2.75, 3.05) is 6.26 Å². The Morgan fingerprint density at radius 1 is 1.09 bits per heavy atom. The number of nitriles is 1. The maximum Gasteiger partial charge on any atom is 0.339 e. The van der Waals surface area contributed by atoms with Crippen LogP contribution in [0, 0.1) is 11.3 Å². The number of Topliss-reactive ketones (excluding diaryl/α,β-unsaturated/α-hetero) is 1. The largest absolute Gasteiger partial charge is 0.440 e. The summed E-state index contributed by atoms with van der Waals surface area (Å²) in [6.45, 7) is 1.40. The Bertz CT molecular complexity index is 1440. The van der Waals surface area contributed by atoms with Gasteiger partial charge in [0, 0.05) is 22.1 Å². The van der Waals surface area contributed by atoms with Crippen molar-refractivity contribution in [3.63, 3.8) is 0 Å². The molecule has 4 rings (SSSR count). The molecule has 3 aromatic carbocycles. The second kappa shape index (κ2) is 9.25. The Kier molecular flexibility index (Phi) is 6.37. The van der Waals surface area contributed by atoms with Crippen LogP contribution >= 0.6 is 11.8 Å². The van der Waals surface area contributed by atoms with Crippen LogP contribution < -0.4 is 14.7 Å². The summed E-state index contributed by atoms with van der Waals surface area (Å²) in [7, 11) is -4.15. The maximum absolute atomic E-state index is 12.7. The molecule has 0 radical (unpaired) electrons. The van der Waals surface area contributed by atoms with Crippen LogP contribution in [0.2, 0.25) is 0 Å². The maximum atomic E-state index is 12.7. The Labute approximate surface area is 201 Å². The van der Waals surface area contributed by atoms with E-state index in [2.05, 4.69) is 6.07 Å². The van der Waals surface area contributed by atoms with E-state index in [9.17, 15) is 18.5 Å². The summed E-state index contributed by atoms with van der Waals surface area (Å²) in [4.78, 5) is 12.4. The molecule has 7 nitrogen and oxygen atoms in total. The third-order valence-corrected chi connectivity index (χ3v) is 7.40. The average Bonchev–Trinajstić information content (AvgIpc) is 2.83. The molecule has 2 N–H and O–H groups in total. The summed E-state index contributed by atoms with van der Waals surface area (Å²) in [5.74, 6) is -0.353. The van der Waals surface area contributed by atoms with E-state index in [1.807, 2.05) is 30.5 Å². The van der Waals surface area contributed by atoms with Gasteiger partial charge in [-0.15, -0.1) is 11.8 Å². The molecule has 0 saturated heterocycles. The molecule has 1 aliphatic heterocycles. The summed E-state index contributed by atoms with van der Waals surface area (Å²) in [5, 5.41) is 9.71. The molecule has 1 atom stereocenters. The minimum atomic E-state index is -4.15. The minimum absolute atomic E-state index is 0.0269. The molecular formula is C25H20N2O5S2. The first-order chi connectivity index (χ1) is 16.2. The van der Waals surface area contributed by atoms with Gasteiger partial charge in [-0.2, -0.15) is 13.7 Å². The topological polar surface area (TPSA) is 119 Å². The van der Waals surface area contributed by atoms with Crippen LogP contribution in [0.15, 0.2) is 88.0 Å². The highest BCUT2D eigenvalue weighted by Gasteiger charge is 2.31. The van der Waals surface area contributed by atoms with E-state index in [0.717, 1.165) is 10.5 Å². The third kappa shape index (κ3) is 4.51. The molecule has 0 aromatic heterocycles. The first-order valence-electron chi connectivity index (χ1n) is 10.1. The molecule has 1 unspecified atom stereocenters. The summed E-state index contributed by atoms with van der Waals surface area (Å²) in [6.07, 6.45) is 1.98. The lowest BCUT2D eigenvalue weighted by Crippen LogP contribution is -2.21. The number of thioether (sulfide) groups is 1. The van der Waals surface area contributed by atoms with E-state index < -0.39 is 16.0 Å². The normalized spacial score (nSPS) is 15.1. The number of ether oxygens (including phenoxy) is 1. The van der Waals surface area contributed by atoms with E-state index in [0.29, 0.717) is 16.9 Å². The zero-order valence-corrected chi connectivity index (χ0v) is 19.9. The molecule has 34 heavy (non-hydrogen) atoms. The van der Waals surface area contributed by atoms with E-state index in [1.54, 1.807) is 17.8 Å². The molecule has 0 aliphatic carbocycles.